The number of halogens is 2. The summed E-state index contributed by atoms with van der Waals surface area (Å²) in [6.45, 7) is 2.11. The number of amides is 4. The first-order valence-corrected chi connectivity index (χ1v) is 11.0. The predicted molar refractivity (Wildman–Crippen MR) is 129 cm³/mol. The van der Waals surface area contributed by atoms with Crippen LogP contribution in [-0.4, -0.2) is 24.5 Å². The molecule has 35 heavy (non-hydrogen) atoms. The van der Waals surface area contributed by atoms with Gasteiger partial charge in [0.15, 0.2) is 11.5 Å². The first-order valence-electron chi connectivity index (χ1n) is 10.7. The molecule has 1 aliphatic rings. The number of hydrogen-bond donors (Lipinski definition) is 1. The molecule has 3 aromatic rings. The number of ether oxygens (including phenoxy) is 2. The molecule has 1 aliphatic heterocycles. The van der Waals surface area contributed by atoms with Crippen LogP contribution in [0, 0.1) is 5.82 Å². The van der Waals surface area contributed by atoms with Crippen LogP contribution in [0.3, 0.4) is 0 Å². The highest BCUT2D eigenvalue weighted by Gasteiger charge is 2.36. The molecule has 0 radical (unpaired) electrons. The summed E-state index contributed by atoms with van der Waals surface area (Å²) in [5.41, 5.74) is 0.886. The fourth-order valence-electron chi connectivity index (χ4n) is 3.42. The van der Waals surface area contributed by atoms with Crippen LogP contribution in [0.25, 0.3) is 6.08 Å². The lowest BCUT2D eigenvalue weighted by Crippen LogP contribution is -2.54. The molecular weight excluding hydrogens is 475 g/mol. The van der Waals surface area contributed by atoms with Gasteiger partial charge in [0.1, 0.15) is 18.0 Å². The molecule has 1 N–H and O–H groups in total. The molecule has 1 saturated heterocycles. The van der Waals surface area contributed by atoms with Crippen LogP contribution in [0.2, 0.25) is 5.02 Å². The second kappa shape index (κ2) is 10.4. The predicted octanol–water partition coefficient (Wildman–Crippen LogP) is 5.12. The summed E-state index contributed by atoms with van der Waals surface area (Å²) in [7, 11) is 0. The highest BCUT2D eigenvalue weighted by Crippen LogP contribution is 2.31. The maximum absolute atomic E-state index is 13.9. The van der Waals surface area contributed by atoms with E-state index in [-0.39, 0.29) is 23.7 Å². The van der Waals surface area contributed by atoms with Crippen LogP contribution in [0.15, 0.2) is 72.3 Å². The molecule has 0 unspecified atom stereocenters. The van der Waals surface area contributed by atoms with Crippen LogP contribution in [0.1, 0.15) is 18.1 Å². The monoisotopic (exact) mass is 494 g/mol. The number of benzene rings is 3. The lowest BCUT2D eigenvalue weighted by atomic mass is 10.1. The first-order chi connectivity index (χ1) is 16.9. The van der Waals surface area contributed by atoms with Crippen molar-refractivity contribution in [2.45, 2.75) is 13.5 Å². The van der Waals surface area contributed by atoms with Crippen molar-refractivity contribution in [2.24, 2.45) is 0 Å². The van der Waals surface area contributed by atoms with Gasteiger partial charge in [-0.25, -0.2) is 14.1 Å². The van der Waals surface area contributed by atoms with E-state index in [1.807, 2.05) is 0 Å². The van der Waals surface area contributed by atoms with Crippen LogP contribution in [0.4, 0.5) is 14.9 Å². The van der Waals surface area contributed by atoms with E-state index in [1.54, 1.807) is 43.3 Å². The number of carbonyl (C=O) groups is 3. The Balaban J connectivity index is 1.61. The molecule has 178 valence electrons. The summed E-state index contributed by atoms with van der Waals surface area (Å²) in [6, 6.07) is 16.3. The lowest BCUT2D eigenvalue weighted by molar-refractivity contribution is -0.122. The van der Waals surface area contributed by atoms with Gasteiger partial charge in [-0.15, -0.1) is 0 Å². The van der Waals surface area contributed by atoms with E-state index in [4.69, 9.17) is 21.1 Å². The quantitative estimate of drug-likeness (QED) is 0.364. The molecule has 7 nitrogen and oxygen atoms in total. The highest BCUT2D eigenvalue weighted by atomic mass is 35.5. The van der Waals surface area contributed by atoms with Gasteiger partial charge in [-0.2, -0.15) is 0 Å². The molecule has 0 spiro atoms. The standard InChI is InChI=1S/C26H20ClFN2O5/c1-2-34-23-14-16(7-12-22(23)35-15-17-5-3-4-6-21(17)28)13-20-24(31)29-26(33)30(25(20)32)19-10-8-18(27)9-11-19/h3-14H,2,15H2,1H3,(H,29,31,33)/b20-13+. The van der Waals surface area contributed by atoms with Crippen molar-refractivity contribution in [2.75, 3.05) is 11.5 Å². The molecule has 4 rings (SSSR count). The van der Waals surface area contributed by atoms with E-state index < -0.39 is 17.8 Å². The molecule has 3 aromatic carbocycles. The molecule has 0 saturated carbocycles. The molecule has 1 fully saturated rings. The Morgan fingerprint density at radius 2 is 1.71 bits per heavy atom. The van der Waals surface area contributed by atoms with Crippen LogP contribution < -0.4 is 19.7 Å². The zero-order valence-corrected chi connectivity index (χ0v) is 19.3. The summed E-state index contributed by atoms with van der Waals surface area (Å²) in [6.07, 6.45) is 1.36. The third kappa shape index (κ3) is 5.33. The molecule has 0 atom stereocenters. The van der Waals surface area contributed by atoms with Crippen molar-refractivity contribution in [3.05, 3.63) is 94.3 Å². The first kappa shape index (κ1) is 24.0. The van der Waals surface area contributed by atoms with E-state index in [0.29, 0.717) is 34.3 Å². The summed E-state index contributed by atoms with van der Waals surface area (Å²) < 4.78 is 25.3. The second-order valence-electron chi connectivity index (χ2n) is 7.45. The number of barbiturate groups is 1. The SMILES string of the molecule is CCOc1cc(/C=C2\C(=O)NC(=O)N(c3ccc(Cl)cc3)C2=O)ccc1OCc1ccccc1F. The zero-order chi connectivity index (χ0) is 24.9. The normalized spacial score (nSPS) is 14.8. The Morgan fingerprint density at radius 3 is 2.43 bits per heavy atom. The van der Waals surface area contributed by atoms with Gasteiger partial charge >= 0.3 is 6.03 Å². The van der Waals surface area contributed by atoms with E-state index in [9.17, 15) is 18.8 Å². The van der Waals surface area contributed by atoms with E-state index in [2.05, 4.69) is 5.32 Å². The van der Waals surface area contributed by atoms with Gasteiger partial charge in [0.05, 0.1) is 12.3 Å². The maximum Gasteiger partial charge on any atom is 0.335 e. The van der Waals surface area contributed by atoms with Crippen LogP contribution >= 0.6 is 11.6 Å². The third-order valence-electron chi connectivity index (χ3n) is 5.11. The molecule has 9 heteroatoms. The number of hydrogen-bond acceptors (Lipinski definition) is 5. The maximum atomic E-state index is 13.9. The van der Waals surface area contributed by atoms with Gasteiger partial charge in [0, 0.05) is 10.6 Å². The van der Waals surface area contributed by atoms with Gasteiger partial charge in [-0.1, -0.05) is 35.9 Å². The van der Waals surface area contributed by atoms with Gasteiger partial charge < -0.3 is 9.47 Å². The zero-order valence-electron chi connectivity index (χ0n) is 18.6. The number of nitrogens with zero attached hydrogens (tertiary/aromatic N) is 1. The van der Waals surface area contributed by atoms with Crippen LogP contribution in [-0.2, 0) is 16.2 Å². The van der Waals surface area contributed by atoms with E-state index in [1.165, 1.54) is 36.4 Å². The second-order valence-corrected chi connectivity index (χ2v) is 7.89. The van der Waals surface area contributed by atoms with Gasteiger partial charge in [0.25, 0.3) is 11.8 Å². The number of nitrogens with one attached hydrogen (secondary N) is 1. The minimum absolute atomic E-state index is 0.00770. The van der Waals surface area contributed by atoms with Crippen molar-refractivity contribution < 1.29 is 28.2 Å². The molecule has 0 aromatic heterocycles. The molecule has 4 amide bonds. The summed E-state index contributed by atoms with van der Waals surface area (Å²) in [4.78, 5) is 38.7. The van der Waals surface area contributed by atoms with Gasteiger partial charge in [0.2, 0.25) is 0 Å². The largest absolute Gasteiger partial charge is 0.490 e. The minimum atomic E-state index is -0.855. The topological polar surface area (TPSA) is 84.9 Å². The molecular formula is C26H20ClFN2O5. The number of urea groups is 1. The molecule has 1 heterocycles. The summed E-state index contributed by atoms with van der Waals surface area (Å²) in [5.74, 6) is -1.25. The highest BCUT2D eigenvalue weighted by molar-refractivity contribution is 6.39. The Hall–Kier alpha value is -4.17. The number of rotatable bonds is 7. The Kier molecular flexibility index (Phi) is 7.12. The van der Waals surface area contributed by atoms with Crippen molar-refractivity contribution in [1.82, 2.24) is 5.32 Å². The lowest BCUT2D eigenvalue weighted by Gasteiger charge is -2.26. The molecule has 0 aliphatic carbocycles. The van der Waals surface area contributed by atoms with Crippen molar-refractivity contribution >= 4 is 41.2 Å². The average molecular weight is 495 g/mol. The van der Waals surface area contributed by atoms with Crippen molar-refractivity contribution in [1.29, 1.82) is 0 Å². The van der Waals surface area contributed by atoms with E-state index >= 15 is 0 Å². The third-order valence-corrected chi connectivity index (χ3v) is 5.36. The van der Waals surface area contributed by atoms with Crippen LogP contribution in [0.5, 0.6) is 11.5 Å². The van der Waals surface area contributed by atoms with Crippen molar-refractivity contribution in [3.63, 3.8) is 0 Å². The number of carbonyl (C=O) groups excluding carboxylic acids is 3. The summed E-state index contributed by atoms with van der Waals surface area (Å²) >= 11 is 5.89. The Morgan fingerprint density at radius 1 is 0.971 bits per heavy atom. The Bertz CT molecular complexity index is 1320. The Labute approximate surface area is 205 Å². The van der Waals surface area contributed by atoms with Crippen molar-refractivity contribution in [3.8, 4) is 11.5 Å². The average Bonchev–Trinajstić information content (AvgIpc) is 2.83. The van der Waals surface area contributed by atoms with E-state index in [0.717, 1.165) is 4.90 Å². The molecule has 0 bridgehead atoms. The van der Waals surface area contributed by atoms with Gasteiger partial charge in [-0.05, 0) is 61.0 Å². The minimum Gasteiger partial charge on any atom is -0.490 e. The number of imide groups is 2. The fourth-order valence-corrected chi connectivity index (χ4v) is 3.55. The summed E-state index contributed by atoms with van der Waals surface area (Å²) in [5, 5.41) is 2.61. The number of anilines is 1. The fraction of sp³-hybridized carbons (Fsp3) is 0.115. The smallest absolute Gasteiger partial charge is 0.335 e. The van der Waals surface area contributed by atoms with Gasteiger partial charge in [-0.3, -0.25) is 14.9 Å².